The summed E-state index contributed by atoms with van der Waals surface area (Å²) < 4.78 is 72.2. The summed E-state index contributed by atoms with van der Waals surface area (Å²) in [7, 11) is -9.28. The van der Waals surface area contributed by atoms with Crippen molar-refractivity contribution in [3.63, 3.8) is 0 Å². The second-order valence-electron chi connectivity index (χ2n) is 12.9. The quantitative estimate of drug-likeness (QED) is 0.0519. The Balaban J connectivity index is 0.978. The first-order chi connectivity index (χ1) is 25.5. The number of nitrogen functional groups attached to an aromatic ring is 2. The number of phosphoric ester groups is 2. The summed E-state index contributed by atoms with van der Waals surface area (Å²) in [6, 6.07) is 0. The highest BCUT2D eigenvalue weighted by atomic mass is 32.5. The fourth-order valence-corrected chi connectivity index (χ4v) is 11.4. The van der Waals surface area contributed by atoms with Crippen LogP contribution in [0.3, 0.4) is 0 Å². The lowest BCUT2D eigenvalue weighted by Gasteiger charge is -2.24. The monoisotopic (exact) mass is 859 g/mol. The molecule has 3 fully saturated rings. The Bertz CT molecular complexity index is 2420. The van der Waals surface area contributed by atoms with Crippen LogP contribution in [-0.2, 0) is 64.6 Å². The Morgan fingerprint density at radius 3 is 2.22 bits per heavy atom. The number of anilines is 2. The molecule has 3 aliphatic rings. The van der Waals surface area contributed by atoms with E-state index >= 15 is 0 Å². The van der Waals surface area contributed by atoms with E-state index in [2.05, 4.69) is 45.3 Å². The molecule has 0 aliphatic carbocycles. The molecule has 3 aliphatic heterocycles. The fraction of sp³-hybridized carbons (Fsp3) is 0.583. The molecule has 0 radical (unpaired) electrons. The van der Waals surface area contributed by atoms with Crippen molar-refractivity contribution in [2.75, 3.05) is 24.7 Å². The zero-order chi connectivity index (χ0) is 40.0. The van der Waals surface area contributed by atoms with Gasteiger partial charge in [0.25, 0.3) is 17.1 Å². The maximum Gasteiger partial charge on any atom is 0.479 e. The van der Waals surface area contributed by atoms with Gasteiger partial charge in [0.2, 0.25) is 17.7 Å². The lowest BCUT2D eigenvalue weighted by Crippen LogP contribution is -2.46. The molecule has 11 atom stereocenters. The van der Waals surface area contributed by atoms with Crippen molar-refractivity contribution in [3.05, 3.63) is 33.4 Å². The number of nitrogens with two attached hydrogens (primary N) is 2. The van der Waals surface area contributed by atoms with Crippen LogP contribution in [0.15, 0.2) is 22.2 Å². The van der Waals surface area contributed by atoms with Crippen LogP contribution in [-0.4, -0.2) is 115 Å². The number of phosphoric acid groups is 2. The minimum atomic E-state index is -5.46. The molecule has 11 N–H and O–H groups in total. The van der Waals surface area contributed by atoms with E-state index < -0.39 is 102 Å². The first kappa shape index (κ1) is 40.1. The van der Waals surface area contributed by atoms with Crippen molar-refractivity contribution in [2.24, 2.45) is 7.05 Å². The van der Waals surface area contributed by atoms with Gasteiger partial charge in [0, 0.05) is 0 Å². The molecule has 3 saturated heterocycles. The third-order valence-corrected chi connectivity index (χ3v) is 13.9. The average molecular weight is 860 g/mol. The molecule has 0 saturated carbocycles. The Hall–Kier alpha value is -3.11. The topological polar surface area (TPSA) is 379 Å². The number of H-pyrrole nitrogens is 2. The van der Waals surface area contributed by atoms with E-state index in [0.717, 1.165) is 10.9 Å². The number of aliphatic hydroxyl groups is 2. The Kier molecular flexibility index (Phi) is 10.3. The zero-order valence-electron chi connectivity index (χ0n) is 28.4. The summed E-state index contributed by atoms with van der Waals surface area (Å²) in [4.78, 5) is 72.5. The molecule has 4 aromatic heterocycles. The van der Waals surface area contributed by atoms with E-state index in [4.69, 9.17) is 39.5 Å². The van der Waals surface area contributed by atoms with E-state index in [-0.39, 0.29) is 34.2 Å². The maximum absolute atomic E-state index is 12.9. The largest absolute Gasteiger partial charge is 0.479 e. The molecular weight excluding hydrogens is 825 g/mol. The van der Waals surface area contributed by atoms with E-state index in [1.165, 1.54) is 15.5 Å². The molecule has 0 bridgehead atoms. The Morgan fingerprint density at radius 2 is 1.55 bits per heavy atom. The number of aliphatic hydroxyl groups excluding tert-OH is 2. The molecule has 27 nitrogen and oxygen atoms in total. The Morgan fingerprint density at radius 1 is 0.945 bits per heavy atom. The first-order valence-corrected chi connectivity index (χ1v) is 21.3. The molecule has 7 rings (SSSR count). The van der Waals surface area contributed by atoms with Gasteiger partial charge in [-0.15, -0.1) is 0 Å². The molecule has 3 unspecified atom stereocenters. The predicted molar refractivity (Wildman–Crippen MR) is 182 cm³/mol. The van der Waals surface area contributed by atoms with Crippen molar-refractivity contribution in [2.45, 2.75) is 68.7 Å². The summed E-state index contributed by atoms with van der Waals surface area (Å²) in [6.07, 6.45) is -7.83. The third kappa shape index (κ3) is 7.93. The molecule has 55 heavy (non-hydrogen) atoms. The predicted octanol–water partition coefficient (Wildman–Crippen LogP) is -2.63. The van der Waals surface area contributed by atoms with E-state index in [1.807, 2.05) is 0 Å². The van der Waals surface area contributed by atoms with Crippen molar-refractivity contribution in [3.8, 4) is 0 Å². The van der Waals surface area contributed by atoms with Gasteiger partial charge in [0.1, 0.15) is 36.6 Å². The van der Waals surface area contributed by atoms with Crippen LogP contribution in [0, 0.1) is 0 Å². The van der Waals surface area contributed by atoms with Crippen molar-refractivity contribution in [1.82, 2.24) is 34.1 Å². The number of hydrogen-bond acceptors (Lipinski definition) is 20. The number of nitrogens with zero attached hydrogens (tertiary/aromatic N) is 6. The first-order valence-electron chi connectivity index (χ1n) is 15.7. The summed E-state index contributed by atoms with van der Waals surface area (Å²) in [6.45, 7) is -3.62. The van der Waals surface area contributed by atoms with E-state index in [0.29, 0.717) is 0 Å². The van der Waals surface area contributed by atoms with Gasteiger partial charge in [-0.2, -0.15) is 4.98 Å². The van der Waals surface area contributed by atoms with Gasteiger partial charge < -0.3 is 55.3 Å². The van der Waals surface area contributed by atoms with Crippen LogP contribution in [0.25, 0.3) is 22.3 Å². The van der Waals surface area contributed by atoms with Crippen LogP contribution in [0.2, 0.25) is 0 Å². The van der Waals surface area contributed by atoms with Crippen LogP contribution < -0.4 is 27.2 Å². The Labute approximate surface area is 311 Å². The highest BCUT2D eigenvalue weighted by Gasteiger charge is 2.58. The standard InChI is InChI=1S/C24H33N10O17P3S/c1-24(2)48-14-9(47-21(15(14)49-24)34-7-32(3)11-17(34)29-23(26)31-19(11)38)5-45-53(41,42)51-54(43,55)50-52(39,40)44-4-8-12(35)13(36)20(46-8)33-6-27-10-16(33)28-22(25)30-18(10)37/h6-9,12-15,20-21,35-36H,4-5H2,1-3H3,(H8-,25,26,28,29,30,31,37,38,39,40,41,42,43,55)/p+1/t8-,9-,12-,13-,14+,15-,20-,21-,54?/m1/s1. The minimum Gasteiger partial charge on any atom is -0.387 e. The van der Waals surface area contributed by atoms with Gasteiger partial charge in [-0.05, 0) is 25.7 Å². The molecule has 0 spiro atoms. The molecule has 31 heteroatoms. The smallest absolute Gasteiger partial charge is 0.387 e. The number of fused-ring (bicyclic) bond motifs is 3. The maximum atomic E-state index is 12.9. The number of aryl methyl sites for hydroxylation is 1. The van der Waals surface area contributed by atoms with Crippen LogP contribution in [0.4, 0.5) is 11.9 Å². The fourth-order valence-electron chi connectivity index (χ4n) is 6.36. The number of aromatic nitrogens is 8. The molecule has 302 valence electrons. The summed E-state index contributed by atoms with van der Waals surface area (Å²) in [5.74, 6) is -1.61. The number of nitrogens with one attached hydrogen (secondary N) is 2. The number of rotatable bonds is 12. The second-order valence-corrected chi connectivity index (χ2v) is 18.9. The van der Waals surface area contributed by atoms with Gasteiger partial charge in [-0.1, -0.05) is 4.98 Å². The summed E-state index contributed by atoms with van der Waals surface area (Å²) in [5, 5.41) is 21.1. The summed E-state index contributed by atoms with van der Waals surface area (Å²) in [5.41, 5.74) is 10.1. The van der Waals surface area contributed by atoms with Crippen molar-refractivity contribution >= 4 is 68.4 Å². The number of hydrogen-bond donors (Lipinski definition) is 9. The molecular formula is C24H34N10O17P3S+. The van der Waals surface area contributed by atoms with Crippen molar-refractivity contribution in [1.29, 1.82) is 0 Å². The molecule has 0 amide bonds. The van der Waals surface area contributed by atoms with Crippen LogP contribution in [0.1, 0.15) is 26.3 Å². The van der Waals surface area contributed by atoms with Crippen molar-refractivity contribution < 1.29 is 75.2 Å². The van der Waals surface area contributed by atoms with Gasteiger partial charge in [-0.25, -0.2) is 27.3 Å². The highest BCUT2D eigenvalue weighted by Crippen LogP contribution is 2.68. The minimum absolute atomic E-state index is 0.111. The van der Waals surface area contributed by atoms with E-state index in [1.54, 1.807) is 20.9 Å². The number of ether oxygens (including phenoxy) is 4. The SMILES string of the molecule is Cn1c[n+]([C@@H]2O[C@H](COP(=O)(O)OP(O)(=S)OP(=O)(O)OC[C@H]3O[C@@H](n4cnc5c(=O)[nH]c(N)nc54)[C@H](O)[C@@H]3O)[C@@H]3OC(C)(C)O[C@H]32)c2nc(N)[nH]c(=O)c21. The summed E-state index contributed by atoms with van der Waals surface area (Å²) >= 11 is 4.67. The third-order valence-electron chi connectivity index (χ3n) is 8.47. The normalized spacial score (nSPS) is 31.1. The van der Waals surface area contributed by atoms with Gasteiger partial charge in [0.15, 0.2) is 29.5 Å². The average Bonchev–Trinajstić information content (AvgIpc) is 3.83. The molecule has 4 aromatic rings. The lowest BCUT2D eigenvalue weighted by atomic mass is 10.1. The lowest BCUT2D eigenvalue weighted by molar-refractivity contribution is -0.746. The zero-order valence-corrected chi connectivity index (χ0v) is 31.9. The number of aromatic amines is 2. The van der Waals surface area contributed by atoms with E-state index in [9.17, 15) is 43.6 Å². The molecule has 0 aromatic carbocycles. The van der Waals surface area contributed by atoms with Crippen LogP contribution >= 0.6 is 22.4 Å². The van der Waals surface area contributed by atoms with Gasteiger partial charge >= 0.3 is 28.0 Å². The second kappa shape index (κ2) is 14.1. The van der Waals surface area contributed by atoms with Gasteiger partial charge in [-0.3, -0.25) is 37.7 Å². The van der Waals surface area contributed by atoms with Crippen LogP contribution in [0.5, 0.6) is 0 Å². The van der Waals surface area contributed by atoms with Gasteiger partial charge in [0.05, 0.1) is 26.6 Å². The highest BCUT2D eigenvalue weighted by molar-refractivity contribution is 8.09. The number of imidazole rings is 2. The molecule has 7 heterocycles.